The maximum Gasteiger partial charge on any atom is 0.246 e. The SMILES string of the molecule is O=C1CNc2ccccc2N1CCN1CCNCC1. The molecule has 19 heavy (non-hydrogen) atoms. The number of fused-ring (bicyclic) bond motifs is 1. The van der Waals surface area contributed by atoms with Crippen LogP contribution in [-0.4, -0.2) is 56.6 Å². The minimum absolute atomic E-state index is 0.161. The Hall–Kier alpha value is -1.59. The number of carbonyl (C=O) groups is 1. The fourth-order valence-electron chi connectivity index (χ4n) is 2.68. The van der Waals surface area contributed by atoms with Gasteiger partial charge in [-0.2, -0.15) is 0 Å². The molecule has 0 aliphatic carbocycles. The van der Waals surface area contributed by atoms with E-state index >= 15 is 0 Å². The lowest BCUT2D eigenvalue weighted by Gasteiger charge is -2.33. The smallest absolute Gasteiger partial charge is 0.246 e. The van der Waals surface area contributed by atoms with E-state index in [2.05, 4.69) is 15.5 Å². The molecule has 5 nitrogen and oxygen atoms in total. The minimum atomic E-state index is 0.161. The van der Waals surface area contributed by atoms with Crippen LogP contribution in [0.25, 0.3) is 0 Å². The van der Waals surface area contributed by atoms with Crippen molar-refractivity contribution in [3.8, 4) is 0 Å². The molecular formula is C14H20N4O. The number of piperazine rings is 1. The number of anilines is 2. The van der Waals surface area contributed by atoms with Crippen molar-refractivity contribution in [2.75, 3.05) is 56.0 Å². The monoisotopic (exact) mass is 260 g/mol. The molecule has 2 aliphatic heterocycles. The highest BCUT2D eigenvalue weighted by Crippen LogP contribution is 2.28. The highest BCUT2D eigenvalue weighted by Gasteiger charge is 2.23. The van der Waals surface area contributed by atoms with Crippen LogP contribution >= 0.6 is 0 Å². The summed E-state index contributed by atoms with van der Waals surface area (Å²) >= 11 is 0. The molecule has 0 bridgehead atoms. The fourth-order valence-corrected chi connectivity index (χ4v) is 2.68. The van der Waals surface area contributed by atoms with Crippen molar-refractivity contribution in [2.45, 2.75) is 0 Å². The van der Waals surface area contributed by atoms with Gasteiger partial charge in [0.1, 0.15) is 0 Å². The molecule has 0 unspecified atom stereocenters. The van der Waals surface area contributed by atoms with E-state index in [0.29, 0.717) is 6.54 Å². The summed E-state index contributed by atoms with van der Waals surface area (Å²) in [4.78, 5) is 16.4. The predicted molar refractivity (Wildman–Crippen MR) is 76.6 cm³/mol. The van der Waals surface area contributed by atoms with E-state index in [-0.39, 0.29) is 5.91 Å². The van der Waals surface area contributed by atoms with E-state index in [1.807, 2.05) is 29.2 Å². The molecule has 3 rings (SSSR count). The van der Waals surface area contributed by atoms with Gasteiger partial charge in [-0.25, -0.2) is 0 Å². The van der Waals surface area contributed by atoms with Crippen LogP contribution in [0.15, 0.2) is 24.3 Å². The highest BCUT2D eigenvalue weighted by molar-refractivity contribution is 6.02. The normalized spacial score (nSPS) is 20.0. The van der Waals surface area contributed by atoms with Gasteiger partial charge in [0.15, 0.2) is 0 Å². The Balaban J connectivity index is 1.67. The van der Waals surface area contributed by atoms with E-state index in [1.165, 1.54) is 0 Å². The van der Waals surface area contributed by atoms with Crippen LogP contribution < -0.4 is 15.5 Å². The van der Waals surface area contributed by atoms with Gasteiger partial charge in [-0.05, 0) is 12.1 Å². The predicted octanol–water partition coefficient (Wildman–Crippen LogP) is 0.350. The lowest BCUT2D eigenvalue weighted by molar-refractivity contribution is -0.117. The molecule has 1 saturated heterocycles. The third-order valence-corrected chi connectivity index (χ3v) is 3.78. The molecule has 2 heterocycles. The number of amides is 1. The molecule has 0 radical (unpaired) electrons. The zero-order valence-corrected chi connectivity index (χ0v) is 11.1. The molecule has 2 N–H and O–H groups in total. The average Bonchev–Trinajstić information content (AvgIpc) is 2.47. The Bertz CT molecular complexity index is 457. The van der Waals surface area contributed by atoms with Crippen molar-refractivity contribution in [3.63, 3.8) is 0 Å². The lowest BCUT2D eigenvalue weighted by atomic mass is 10.2. The first-order valence-electron chi connectivity index (χ1n) is 6.91. The molecule has 0 aromatic heterocycles. The summed E-state index contributed by atoms with van der Waals surface area (Å²) in [5, 5.41) is 6.51. The second-order valence-electron chi connectivity index (χ2n) is 5.01. The third-order valence-electron chi connectivity index (χ3n) is 3.78. The van der Waals surface area contributed by atoms with Crippen LogP contribution in [-0.2, 0) is 4.79 Å². The van der Waals surface area contributed by atoms with E-state index in [9.17, 15) is 4.79 Å². The van der Waals surface area contributed by atoms with Gasteiger partial charge in [-0.3, -0.25) is 9.69 Å². The second-order valence-corrected chi connectivity index (χ2v) is 5.01. The van der Waals surface area contributed by atoms with Crippen LogP contribution in [0.3, 0.4) is 0 Å². The second kappa shape index (κ2) is 5.59. The zero-order chi connectivity index (χ0) is 13.1. The number of rotatable bonds is 3. The van der Waals surface area contributed by atoms with Crippen LogP contribution in [0.5, 0.6) is 0 Å². The first-order valence-corrected chi connectivity index (χ1v) is 6.91. The number of hydrogen-bond donors (Lipinski definition) is 2. The van der Waals surface area contributed by atoms with Gasteiger partial charge in [0, 0.05) is 39.3 Å². The molecule has 0 spiro atoms. The summed E-state index contributed by atoms with van der Waals surface area (Å²) in [6.45, 7) is 6.36. The van der Waals surface area contributed by atoms with Crippen molar-refractivity contribution in [1.29, 1.82) is 0 Å². The lowest BCUT2D eigenvalue weighted by Crippen LogP contribution is -2.48. The number of hydrogen-bond acceptors (Lipinski definition) is 4. The van der Waals surface area contributed by atoms with Gasteiger partial charge in [-0.15, -0.1) is 0 Å². The van der Waals surface area contributed by atoms with Gasteiger partial charge in [0.25, 0.3) is 0 Å². The first-order chi connectivity index (χ1) is 9.34. The van der Waals surface area contributed by atoms with Crippen molar-refractivity contribution < 1.29 is 4.79 Å². The summed E-state index contributed by atoms with van der Waals surface area (Å²) in [7, 11) is 0. The Kier molecular flexibility index (Phi) is 3.66. The third kappa shape index (κ3) is 2.72. The van der Waals surface area contributed by atoms with E-state index in [4.69, 9.17) is 0 Å². The zero-order valence-electron chi connectivity index (χ0n) is 11.1. The summed E-state index contributed by atoms with van der Waals surface area (Å²) in [5.41, 5.74) is 2.07. The average molecular weight is 260 g/mol. The quantitative estimate of drug-likeness (QED) is 0.823. The van der Waals surface area contributed by atoms with Crippen LogP contribution in [0.1, 0.15) is 0 Å². The van der Waals surface area contributed by atoms with Crippen LogP contribution in [0.2, 0.25) is 0 Å². The molecule has 0 saturated carbocycles. The summed E-state index contributed by atoms with van der Waals surface area (Å²) in [5.74, 6) is 0.161. The molecule has 102 valence electrons. The van der Waals surface area contributed by atoms with Crippen LogP contribution in [0, 0.1) is 0 Å². The van der Waals surface area contributed by atoms with Crippen LogP contribution in [0.4, 0.5) is 11.4 Å². The molecular weight excluding hydrogens is 240 g/mol. The molecule has 0 atom stereocenters. The fraction of sp³-hybridized carbons (Fsp3) is 0.500. The summed E-state index contributed by atoms with van der Waals surface area (Å²) in [6, 6.07) is 8.02. The summed E-state index contributed by atoms with van der Waals surface area (Å²) < 4.78 is 0. The number of nitrogens with zero attached hydrogens (tertiary/aromatic N) is 2. The Morgan fingerprint density at radius 3 is 2.74 bits per heavy atom. The Labute approximate surface area is 113 Å². The number of carbonyl (C=O) groups excluding carboxylic acids is 1. The standard InChI is InChI=1S/C14H20N4O/c19-14-11-16-12-3-1-2-4-13(12)18(14)10-9-17-7-5-15-6-8-17/h1-4,15-16H,5-11H2. The number of nitrogens with one attached hydrogen (secondary N) is 2. The topological polar surface area (TPSA) is 47.6 Å². The maximum absolute atomic E-state index is 12.1. The van der Waals surface area contributed by atoms with Gasteiger partial charge < -0.3 is 15.5 Å². The molecule has 1 aromatic rings. The summed E-state index contributed by atoms with van der Waals surface area (Å²) in [6.07, 6.45) is 0. The van der Waals surface area contributed by atoms with E-state index in [1.54, 1.807) is 0 Å². The van der Waals surface area contributed by atoms with Gasteiger partial charge in [-0.1, -0.05) is 12.1 Å². The minimum Gasteiger partial charge on any atom is -0.374 e. The van der Waals surface area contributed by atoms with Crippen molar-refractivity contribution in [1.82, 2.24) is 10.2 Å². The van der Waals surface area contributed by atoms with Gasteiger partial charge in [0.05, 0.1) is 17.9 Å². The molecule has 5 heteroatoms. The maximum atomic E-state index is 12.1. The van der Waals surface area contributed by atoms with Crippen molar-refractivity contribution >= 4 is 17.3 Å². The van der Waals surface area contributed by atoms with Gasteiger partial charge >= 0.3 is 0 Å². The molecule has 1 amide bonds. The molecule has 1 aromatic carbocycles. The first kappa shape index (κ1) is 12.4. The van der Waals surface area contributed by atoms with Crippen molar-refractivity contribution in [3.05, 3.63) is 24.3 Å². The largest absolute Gasteiger partial charge is 0.374 e. The Morgan fingerprint density at radius 2 is 1.89 bits per heavy atom. The highest BCUT2D eigenvalue weighted by atomic mass is 16.2. The molecule has 2 aliphatic rings. The van der Waals surface area contributed by atoms with E-state index < -0.39 is 0 Å². The van der Waals surface area contributed by atoms with Gasteiger partial charge in [0.2, 0.25) is 5.91 Å². The van der Waals surface area contributed by atoms with E-state index in [0.717, 1.165) is 50.6 Å². The number of para-hydroxylation sites is 2. The van der Waals surface area contributed by atoms with Crippen molar-refractivity contribution in [2.24, 2.45) is 0 Å². The Morgan fingerprint density at radius 1 is 1.11 bits per heavy atom. The molecule has 1 fully saturated rings. The number of benzene rings is 1.